The molecule has 110 valence electrons. The summed E-state index contributed by atoms with van der Waals surface area (Å²) in [5, 5.41) is 0. The van der Waals surface area contributed by atoms with Gasteiger partial charge in [0.1, 0.15) is 5.75 Å². The van der Waals surface area contributed by atoms with E-state index in [0.717, 1.165) is 26.1 Å². The molecule has 0 spiro atoms. The largest absolute Gasteiger partial charge is 0.482 e. The number of carbonyl (C=O) groups is 1. The Morgan fingerprint density at radius 1 is 1.40 bits per heavy atom. The van der Waals surface area contributed by atoms with E-state index in [2.05, 4.69) is 18.9 Å². The molecule has 1 heterocycles. The lowest BCUT2D eigenvalue weighted by molar-refractivity contribution is -0.136. The number of nitrogen functional groups attached to an aromatic ring is 1. The zero-order valence-electron chi connectivity index (χ0n) is 12.2. The first-order valence-electron chi connectivity index (χ1n) is 7.07. The van der Waals surface area contributed by atoms with Gasteiger partial charge in [0.15, 0.2) is 6.61 Å². The lowest BCUT2D eigenvalue weighted by Gasteiger charge is -2.39. The van der Waals surface area contributed by atoms with Crippen molar-refractivity contribution in [3.05, 3.63) is 24.3 Å². The first-order chi connectivity index (χ1) is 9.61. The number of ether oxygens (including phenoxy) is 1. The van der Waals surface area contributed by atoms with Crippen molar-refractivity contribution in [1.82, 2.24) is 9.80 Å². The van der Waals surface area contributed by atoms with Crippen LogP contribution in [0.2, 0.25) is 0 Å². The van der Waals surface area contributed by atoms with Crippen LogP contribution in [0.3, 0.4) is 0 Å². The van der Waals surface area contributed by atoms with Crippen LogP contribution in [0.5, 0.6) is 5.75 Å². The number of amides is 1. The van der Waals surface area contributed by atoms with Gasteiger partial charge in [0.25, 0.3) is 5.91 Å². The fourth-order valence-corrected chi connectivity index (χ4v) is 2.46. The van der Waals surface area contributed by atoms with Gasteiger partial charge in [-0.05, 0) is 25.6 Å². The van der Waals surface area contributed by atoms with E-state index in [0.29, 0.717) is 17.5 Å². The Balaban J connectivity index is 1.88. The lowest BCUT2D eigenvalue weighted by Crippen LogP contribution is -2.53. The molecule has 1 aromatic rings. The van der Waals surface area contributed by atoms with Gasteiger partial charge in [0.05, 0.1) is 5.69 Å². The van der Waals surface area contributed by atoms with Gasteiger partial charge >= 0.3 is 0 Å². The van der Waals surface area contributed by atoms with Crippen molar-refractivity contribution < 1.29 is 9.53 Å². The zero-order valence-corrected chi connectivity index (χ0v) is 12.2. The van der Waals surface area contributed by atoms with Crippen molar-refractivity contribution in [2.75, 3.05) is 39.0 Å². The minimum Gasteiger partial charge on any atom is -0.482 e. The summed E-state index contributed by atoms with van der Waals surface area (Å²) in [6, 6.07) is 7.68. The number of piperazine rings is 1. The maximum atomic E-state index is 12.2. The highest BCUT2D eigenvalue weighted by atomic mass is 16.5. The molecule has 1 aliphatic rings. The third-order valence-electron chi connectivity index (χ3n) is 3.87. The van der Waals surface area contributed by atoms with Crippen molar-refractivity contribution >= 4 is 11.6 Å². The predicted molar refractivity (Wildman–Crippen MR) is 79.6 cm³/mol. The van der Waals surface area contributed by atoms with Crippen molar-refractivity contribution in [3.63, 3.8) is 0 Å². The molecule has 1 saturated heterocycles. The number of hydrogen-bond acceptors (Lipinski definition) is 4. The van der Waals surface area contributed by atoms with Crippen molar-refractivity contribution in [1.29, 1.82) is 0 Å². The van der Waals surface area contributed by atoms with E-state index < -0.39 is 0 Å². The molecular formula is C15H23N3O2. The van der Waals surface area contributed by atoms with Crippen molar-refractivity contribution in [2.45, 2.75) is 19.4 Å². The average Bonchev–Trinajstić information content (AvgIpc) is 2.46. The zero-order chi connectivity index (χ0) is 14.5. The number of likely N-dealkylation sites (N-methyl/N-ethyl adjacent to an activating group) is 1. The van der Waals surface area contributed by atoms with E-state index in [-0.39, 0.29) is 12.5 Å². The molecule has 1 aliphatic heterocycles. The second-order valence-corrected chi connectivity index (χ2v) is 5.21. The summed E-state index contributed by atoms with van der Waals surface area (Å²) in [5.74, 6) is 0.599. The summed E-state index contributed by atoms with van der Waals surface area (Å²) in [7, 11) is 2.11. The number of benzene rings is 1. The van der Waals surface area contributed by atoms with Gasteiger partial charge in [0.2, 0.25) is 0 Å². The summed E-state index contributed by atoms with van der Waals surface area (Å²) < 4.78 is 5.52. The normalized spacial score (nSPS) is 19.9. The van der Waals surface area contributed by atoms with E-state index in [9.17, 15) is 4.79 Å². The first kappa shape index (κ1) is 14.7. The number of hydrogen-bond donors (Lipinski definition) is 1. The van der Waals surface area contributed by atoms with Crippen LogP contribution in [0.25, 0.3) is 0 Å². The Morgan fingerprint density at radius 2 is 2.15 bits per heavy atom. The quantitative estimate of drug-likeness (QED) is 0.840. The van der Waals surface area contributed by atoms with Crippen LogP contribution in [0, 0.1) is 0 Å². The summed E-state index contributed by atoms with van der Waals surface area (Å²) in [5.41, 5.74) is 6.35. The Bertz CT molecular complexity index is 464. The van der Waals surface area contributed by atoms with Gasteiger partial charge in [-0.15, -0.1) is 0 Å². The van der Waals surface area contributed by atoms with Gasteiger partial charge in [-0.1, -0.05) is 19.1 Å². The first-order valence-corrected chi connectivity index (χ1v) is 7.07. The molecule has 0 aromatic heterocycles. The van der Waals surface area contributed by atoms with Gasteiger partial charge in [-0.2, -0.15) is 0 Å². The highest BCUT2D eigenvalue weighted by molar-refractivity contribution is 5.78. The van der Waals surface area contributed by atoms with Crippen LogP contribution < -0.4 is 10.5 Å². The molecule has 1 aromatic carbocycles. The van der Waals surface area contributed by atoms with E-state index in [1.54, 1.807) is 12.1 Å². The van der Waals surface area contributed by atoms with Gasteiger partial charge in [0, 0.05) is 25.7 Å². The second-order valence-electron chi connectivity index (χ2n) is 5.21. The van der Waals surface area contributed by atoms with Gasteiger partial charge in [-0.3, -0.25) is 9.69 Å². The molecule has 1 atom stereocenters. The van der Waals surface area contributed by atoms with Gasteiger partial charge in [-0.25, -0.2) is 0 Å². The molecule has 5 heteroatoms. The fraction of sp³-hybridized carbons (Fsp3) is 0.533. The Morgan fingerprint density at radius 3 is 2.85 bits per heavy atom. The summed E-state index contributed by atoms with van der Waals surface area (Å²) in [4.78, 5) is 16.4. The second kappa shape index (κ2) is 6.61. The van der Waals surface area contributed by atoms with Crippen LogP contribution in [0.1, 0.15) is 13.3 Å². The fourth-order valence-electron chi connectivity index (χ4n) is 2.46. The number of carbonyl (C=O) groups excluding carboxylic acids is 1. The molecule has 5 nitrogen and oxygen atoms in total. The third-order valence-corrected chi connectivity index (χ3v) is 3.87. The highest BCUT2D eigenvalue weighted by Crippen LogP contribution is 2.20. The third kappa shape index (κ3) is 3.42. The minimum absolute atomic E-state index is 0.0276. The van der Waals surface area contributed by atoms with Crippen LogP contribution >= 0.6 is 0 Å². The molecule has 1 fully saturated rings. The monoisotopic (exact) mass is 277 g/mol. The van der Waals surface area contributed by atoms with Crippen LogP contribution in [0.4, 0.5) is 5.69 Å². The smallest absolute Gasteiger partial charge is 0.260 e. The molecule has 0 aliphatic carbocycles. The minimum atomic E-state index is 0.0276. The maximum Gasteiger partial charge on any atom is 0.260 e. The highest BCUT2D eigenvalue weighted by Gasteiger charge is 2.26. The van der Waals surface area contributed by atoms with E-state index in [1.807, 2.05) is 17.0 Å². The Labute approximate surface area is 120 Å². The summed E-state index contributed by atoms with van der Waals surface area (Å²) in [6.45, 7) is 4.65. The van der Waals surface area contributed by atoms with E-state index in [1.165, 1.54) is 0 Å². The Kier molecular flexibility index (Phi) is 4.84. The van der Waals surface area contributed by atoms with E-state index >= 15 is 0 Å². The van der Waals surface area contributed by atoms with Crippen LogP contribution in [-0.2, 0) is 4.79 Å². The lowest BCUT2D eigenvalue weighted by atomic mass is 10.1. The number of nitrogens with two attached hydrogens (primary N) is 1. The molecular weight excluding hydrogens is 254 g/mol. The SMILES string of the molecule is CCC1CN(C(=O)COc2ccccc2N)CCN1C. The van der Waals surface area contributed by atoms with Crippen molar-refractivity contribution in [2.24, 2.45) is 0 Å². The molecule has 2 rings (SSSR count). The summed E-state index contributed by atoms with van der Waals surface area (Å²) in [6.07, 6.45) is 1.05. The number of anilines is 1. The molecule has 1 amide bonds. The molecule has 1 unspecified atom stereocenters. The molecule has 0 bridgehead atoms. The number of para-hydroxylation sites is 2. The topological polar surface area (TPSA) is 58.8 Å². The molecule has 20 heavy (non-hydrogen) atoms. The summed E-state index contributed by atoms with van der Waals surface area (Å²) >= 11 is 0. The predicted octanol–water partition coefficient (Wildman–Crippen LogP) is 1.20. The molecule has 0 radical (unpaired) electrons. The number of rotatable bonds is 4. The van der Waals surface area contributed by atoms with Gasteiger partial charge < -0.3 is 15.4 Å². The maximum absolute atomic E-state index is 12.2. The molecule has 0 saturated carbocycles. The Hall–Kier alpha value is -1.75. The van der Waals surface area contributed by atoms with Crippen molar-refractivity contribution in [3.8, 4) is 5.75 Å². The van der Waals surface area contributed by atoms with E-state index in [4.69, 9.17) is 10.5 Å². The number of nitrogens with zero attached hydrogens (tertiary/aromatic N) is 2. The average molecular weight is 277 g/mol. The molecule has 2 N–H and O–H groups in total. The van der Waals surface area contributed by atoms with Crippen LogP contribution in [-0.4, -0.2) is 55.0 Å². The van der Waals surface area contributed by atoms with Crippen LogP contribution in [0.15, 0.2) is 24.3 Å². The standard InChI is InChI=1S/C15H23N3O2/c1-3-12-10-18(9-8-17(12)2)15(19)11-20-14-7-5-4-6-13(14)16/h4-7,12H,3,8-11,16H2,1-2H3.